The van der Waals surface area contributed by atoms with Crippen LogP contribution in [0.2, 0.25) is 0 Å². The van der Waals surface area contributed by atoms with Crippen molar-refractivity contribution in [2.24, 2.45) is 0 Å². The standard InChI is InChI=1S/C21H20N4O3/c1-15-4-3-5-17(10-15)12-25-13-19(23-14-25)24-20(26)9-7-16-6-8-18(22-11-16)21(27)28-2/h3-11,13-14H,12H2,1-2H3,(H,24,26)/b9-7+. The Morgan fingerprint density at radius 2 is 2.07 bits per heavy atom. The summed E-state index contributed by atoms with van der Waals surface area (Å²) < 4.78 is 6.50. The number of nitrogens with one attached hydrogen (secondary N) is 1. The summed E-state index contributed by atoms with van der Waals surface area (Å²) in [5.74, 6) is -0.339. The molecular formula is C21H20N4O3. The fourth-order valence-corrected chi connectivity index (χ4v) is 2.60. The second kappa shape index (κ2) is 8.77. The summed E-state index contributed by atoms with van der Waals surface area (Å²) in [6.45, 7) is 2.73. The maximum atomic E-state index is 12.1. The second-order valence-electron chi connectivity index (χ2n) is 6.21. The molecule has 0 atom stereocenters. The molecule has 28 heavy (non-hydrogen) atoms. The third-order valence-electron chi connectivity index (χ3n) is 3.94. The summed E-state index contributed by atoms with van der Waals surface area (Å²) in [6.07, 6.45) is 7.94. The van der Waals surface area contributed by atoms with Gasteiger partial charge in [-0.15, -0.1) is 0 Å². The molecular weight excluding hydrogens is 356 g/mol. The highest BCUT2D eigenvalue weighted by atomic mass is 16.5. The van der Waals surface area contributed by atoms with E-state index in [1.807, 2.05) is 29.7 Å². The molecule has 0 aliphatic rings. The van der Waals surface area contributed by atoms with Crippen LogP contribution in [0, 0.1) is 6.92 Å². The van der Waals surface area contributed by atoms with E-state index in [9.17, 15) is 9.59 Å². The van der Waals surface area contributed by atoms with Gasteiger partial charge in [-0.3, -0.25) is 4.79 Å². The number of pyridine rings is 1. The predicted octanol–water partition coefficient (Wildman–Crippen LogP) is 3.07. The van der Waals surface area contributed by atoms with E-state index in [1.165, 1.54) is 31.0 Å². The lowest BCUT2D eigenvalue weighted by Crippen LogP contribution is -2.08. The fourth-order valence-electron chi connectivity index (χ4n) is 2.60. The predicted molar refractivity (Wildman–Crippen MR) is 106 cm³/mol. The van der Waals surface area contributed by atoms with Crippen LogP contribution in [0.4, 0.5) is 5.82 Å². The zero-order valence-electron chi connectivity index (χ0n) is 15.6. The molecule has 2 aromatic heterocycles. The average Bonchev–Trinajstić information content (AvgIpc) is 3.12. The molecule has 2 heterocycles. The lowest BCUT2D eigenvalue weighted by atomic mass is 10.1. The average molecular weight is 376 g/mol. The number of hydrogen-bond acceptors (Lipinski definition) is 5. The molecule has 0 bridgehead atoms. The number of aromatic nitrogens is 3. The van der Waals surface area contributed by atoms with Crippen LogP contribution in [0.25, 0.3) is 6.08 Å². The molecule has 1 amide bonds. The molecule has 0 fully saturated rings. The SMILES string of the molecule is COC(=O)c1ccc(/C=C/C(=O)Nc2cn(Cc3cccc(C)c3)cn2)cn1. The van der Waals surface area contributed by atoms with Gasteiger partial charge in [-0.05, 0) is 30.2 Å². The van der Waals surface area contributed by atoms with Gasteiger partial charge in [-0.25, -0.2) is 14.8 Å². The lowest BCUT2D eigenvalue weighted by Gasteiger charge is -2.03. The van der Waals surface area contributed by atoms with Crippen molar-refractivity contribution in [2.75, 3.05) is 12.4 Å². The van der Waals surface area contributed by atoms with Crippen LogP contribution in [0.3, 0.4) is 0 Å². The maximum absolute atomic E-state index is 12.1. The zero-order chi connectivity index (χ0) is 19.9. The minimum absolute atomic E-state index is 0.211. The van der Waals surface area contributed by atoms with Gasteiger partial charge in [0.25, 0.3) is 0 Å². The van der Waals surface area contributed by atoms with Crippen molar-refractivity contribution >= 4 is 23.8 Å². The number of carbonyl (C=O) groups excluding carboxylic acids is 2. The number of methoxy groups -OCH3 is 1. The molecule has 0 saturated carbocycles. The smallest absolute Gasteiger partial charge is 0.356 e. The van der Waals surface area contributed by atoms with E-state index < -0.39 is 5.97 Å². The molecule has 3 rings (SSSR count). The summed E-state index contributed by atoms with van der Waals surface area (Å²) >= 11 is 0. The van der Waals surface area contributed by atoms with Crippen molar-refractivity contribution in [1.82, 2.24) is 14.5 Å². The number of aryl methyl sites for hydroxylation is 1. The highest BCUT2D eigenvalue weighted by molar-refractivity contribution is 6.01. The first kappa shape index (κ1) is 19.0. The highest BCUT2D eigenvalue weighted by Crippen LogP contribution is 2.10. The largest absolute Gasteiger partial charge is 0.464 e. The van der Waals surface area contributed by atoms with Crippen molar-refractivity contribution in [2.45, 2.75) is 13.5 Å². The molecule has 0 spiro atoms. The quantitative estimate of drug-likeness (QED) is 0.528. The first-order valence-electron chi connectivity index (χ1n) is 8.64. The third kappa shape index (κ3) is 5.14. The number of ether oxygens (including phenoxy) is 1. The number of anilines is 1. The molecule has 0 aliphatic carbocycles. The van der Waals surface area contributed by atoms with E-state index in [0.29, 0.717) is 17.9 Å². The van der Waals surface area contributed by atoms with Crippen LogP contribution in [0.5, 0.6) is 0 Å². The molecule has 1 N–H and O–H groups in total. The van der Waals surface area contributed by atoms with Gasteiger partial charge in [-0.1, -0.05) is 35.9 Å². The summed E-state index contributed by atoms with van der Waals surface area (Å²) in [7, 11) is 1.30. The molecule has 0 radical (unpaired) electrons. The Kier molecular flexibility index (Phi) is 5.96. The number of hydrogen-bond donors (Lipinski definition) is 1. The Morgan fingerprint density at radius 1 is 1.21 bits per heavy atom. The van der Waals surface area contributed by atoms with E-state index >= 15 is 0 Å². The van der Waals surface area contributed by atoms with Crippen LogP contribution in [-0.2, 0) is 16.1 Å². The van der Waals surface area contributed by atoms with Gasteiger partial charge in [0.15, 0.2) is 5.82 Å². The summed E-state index contributed by atoms with van der Waals surface area (Å²) in [5, 5.41) is 2.72. The number of carbonyl (C=O) groups is 2. The van der Waals surface area contributed by atoms with E-state index in [2.05, 4.69) is 26.1 Å². The van der Waals surface area contributed by atoms with Gasteiger partial charge in [0.1, 0.15) is 5.69 Å². The molecule has 7 nitrogen and oxygen atoms in total. The highest BCUT2D eigenvalue weighted by Gasteiger charge is 2.06. The molecule has 3 aromatic rings. The molecule has 7 heteroatoms. The van der Waals surface area contributed by atoms with Crippen molar-refractivity contribution in [3.8, 4) is 0 Å². The first-order chi connectivity index (χ1) is 13.5. The van der Waals surface area contributed by atoms with Gasteiger partial charge in [0.05, 0.1) is 13.4 Å². The number of imidazole rings is 1. The van der Waals surface area contributed by atoms with E-state index in [4.69, 9.17) is 0 Å². The molecule has 0 unspecified atom stereocenters. The van der Waals surface area contributed by atoms with Crippen LogP contribution in [0.1, 0.15) is 27.2 Å². The summed E-state index contributed by atoms with van der Waals surface area (Å²) in [4.78, 5) is 31.6. The number of rotatable bonds is 6. The summed E-state index contributed by atoms with van der Waals surface area (Å²) in [6, 6.07) is 11.4. The van der Waals surface area contributed by atoms with Crippen LogP contribution < -0.4 is 5.32 Å². The van der Waals surface area contributed by atoms with Crippen molar-refractivity contribution < 1.29 is 14.3 Å². The number of esters is 1. The van der Waals surface area contributed by atoms with Gasteiger partial charge >= 0.3 is 5.97 Å². The molecule has 0 aliphatic heterocycles. The molecule has 0 saturated heterocycles. The topological polar surface area (TPSA) is 86.1 Å². The van der Waals surface area contributed by atoms with Gasteiger partial charge < -0.3 is 14.6 Å². The Labute approximate surface area is 162 Å². The fraction of sp³-hybridized carbons (Fsp3) is 0.143. The normalized spacial score (nSPS) is 10.8. The Bertz CT molecular complexity index is 1010. The van der Waals surface area contributed by atoms with Gasteiger partial charge in [0, 0.05) is 25.0 Å². The maximum Gasteiger partial charge on any atom is 0.356 e. The van der Waals surface area contributed by atoms with Crippen molar-refractivity contribution in [3.63, 3.8) is 0 Å². The van der Waals surface area contributed by atoms with Gasteiger partial charge in [0.2, 0.25) is 5.91 Å². The van der Waals surface area contributed by atoms with Crippen LogP contribution in [0.15, 0.2) is 61.2 Å². The number of nitrogens with zero attached hydrogens (tertiary/aromatic N) is 3. The van der Waals surface area contributed by atoms with E-state index in [0.717, 1.165) is 5.56 Å². The van der Waals surface area contributed by atoms with Crippen molar-refractivity contribution in [1.29, 1.82) is 0 Å². The third-order valence-corrected chi connectivity index (χ3v) is 3.94. The number of benzene rings is 1. The van der Waals surface area contributed by atoms with E-state index in [-0.39, 0.29) is 11.6 Å². The van der Waals surface area contributed by atoms with Crippen molar-refractivity contribution in [3.05, 3.63) is 83.6 Å². The molecule has 142 valence electrons. The number of amides is 1. The first-order valence-corrected chi connectivity index (χ1v) is 8.64. The Hall–Kier alpha value is -3.74. The molecule has 1 aromatic carbocycles. The van der Waals surface area contributed by atoms with Crippen LogP contribution >= 0.6 is 0 Å². The minimum atomic E-state index is -0.505. The van der Waals surface area contributed by atoms with Gasteiger partial charge in [-0.2, -0.15) is 0 Å². The summed E-state index contributed by atoms with van der Waals surface area (Å²) in [5.41, 5.74) is 3.26. The second-order valence-corrected chi connectivity index (χ2v) is 6.21. The Balaban J connectivity index is 1.57. The van der Waals surface area contributed by atoms with E-state index in [1.54, 1.807) is 24.7 Å². The zero-order valence-corrected chi connectivity index (χ0v) is 15.6. The van der Waals surface area contributed by atoms with Crippen LogP contribution in [-0.4, -0.2) is 33.5 Å². The lowest BCUT2D eigenvalue weighted by molar-refractivity contribution is -0.111. The minimum Gasteiger partial charge on any atom is -0.464 e. The monoisotopic (exact) mass is 376 g/mol. The Morgan fingerprint density at radius 3 is 2.79 bits per heavy atom.